The fourth-order valence-corrected chi connectivity index (χ4v) is 3.06. The monoisotopic (exact) mass is 244 g/mol. The first-order valence-corrected chi connectivity index (χ1v) is 6.86. The molecule has 1 aromatic carbocycles. The van der Waals surface area contributed by atoms with Gasteiger partial charge in [-0.15, -0.1) is 0 Å². The number of rotatable bonds is 2. The fraction of sp³-hybridized carbons (Fsp3) is 0.533. The molecule has 0 unspecified atom stereocenters. The van der Waals surface area contributed by atoms with Crippen LogP contribution < -0.4 is 10.6 Å². The summed E-state index contributed by atoms with van der Waals surface area (Å²) in [5.41, 5.74) is 3.22. The van der Waals surface area contributed by atoms with Crippen LogP contribution in [0.2, 0.25) is 0 Å². The minimum atomic E-state index is 0.00350. The normalized spacial score (nSPS) is 20.3. The van der Waals surface area contributed by atoms with Crippen LogP contribution in [0.3, 0.4) is 0 Å². The van der Waals surface area contributed by atoms with Crippen molar-refractivity contribution in [1.82, 2.24) is 5.32 Å². The van der Waals surface area contributed by atoms with Crippen molar-refractivity contribution in [2.24, 2.45) is 0 Å². The molecule has 0 radical (unpaired) electrons. The van der Waals surface area contributed by atoms with Crippen LogP contribution in [0.15, 0.2) is 18.2 Å². The van der Waals surface area contributed by atoms with Crippen molar-refractivity contribution in [3.63, 3.8) is 0 Å². The average molecular weight is 244 g/mol. The maximum Gasteiger partial charge on any atom is 0.251 e. The second kappa shape index (κ2) is 4.30. The largest absolute Gasteiger partial charge is 0.384 e. The minimum Gasteiger partial charge on any atom is -0.384 e. The summed E-state index contributed by atoms with van der Waals surface area (Å²) in [6.45, 7) is 3.14. The molecule has 3 rings (SSSR count). The SMILES string of the molecule is CC1(NC(=O)c2ccc3c(c2)NCC3)CCCC1. The number of carbonyl (C=O) groups is 1. The zero-order valence-electron chi connectivity index (χ0n) is 10.9. The van der Waals surface area contributed by atoms with Crippen LogP contribution in [-0.4, -0.2) is 18.0 Å². The molecule has 1 aliphatic carbocycles. The van der Waals surface area contributed by atoms with Gasteiger partial charge >= 0.3 is 0 Å². The first-order chi connectivity index (χ1) is 8.66. The van der Waals surface area contributed by atoms with Gasteiger partial charge in [0, 0.05) is 23.3 Å². The third kappa shape index (κ3) is 2.09. The van der Waals surface area contributed by atoms with E-state index in [1.807, 2.05) is 12.1 Å². The molecule has 0 saturated heterocycles. The lowest BCUT2D eigenvalue weighted by Crippen LogP contribution is -2.43. The molecule has 1 aromatic rings. The number of hydrogen-bond acceptors (Lipinski definition) is 2. The summed E-state index contributed by atoms with van der Waals surface area (Å²) in [6.07, 6.45) is 5.71. The van der Waals surface area contributed by atoms with Crippen LogP contribution in [0, 0.1) is 0 Å². The van der Waals surface area contributed by atoms with Crippen molar-refractivity contribution in [3.8, 4) is 0 Å². The van der Waals surface area contributed by atoms with E-state index in [4.69, 9.17) is 0 Å². The molecule has 0 spiro atoms. The first kappa shape index (κ1) is 11.6. The highest BCUT2D eigenvalue weighted by molar-refractivity contribution is 5.96. The molecule has 1 amide bonds. The van der Waals surface area contributed by atoms with Gasteiger partial charge < -0.3 is 10.6 Å². The predicted octanol–water partition coefficient (Wildman–Crippen LogP) is 2.72. The van der Waals surface area contributed by atoms with Crippen molar-refractivity contribution >= 4 is 11.6 Å². The van der Waals surface area contributed by atoms with Gasteiger partial charge in [-0.3, -0.25) is 4.79 Å². The molecule has 18 heavy (non-hydrogen) atoms. The molecular weight excluding hydrogens is 224 g/mol. The summed E-state index contributed by atoms with van der Waals surface area (Å²) in [4.78, 5) is 12.3. The summed E-state index contributed by atoms with van der Waals surface area (Å²) in [6, 6.07) is 6.00. The van der Waals surface area contributed by atoms with Gasteiger partial charge in [0.25, 0.3) is 5.91 Å². The van der Waals surface area contributed by atoms with Crippen LogP contribution >= 0.6 is 0 Å². The lowest BCUT2D eigenvalue weighted by molar-refractivity contribution is 0.0908. The van der Waals surface area contributed by atoms with E-state index in [2.05, 4.69) is 23.6 Å². The van der Waals surface area contributed by atoms with E-state index in [1.165, 1.54) is 18.4 Å². The molecule has 0 bridgehead atoms. The Balaban J connectivity index is 1.76. The summed E-state index contributed by atoms with van der Waals surface area (Å²) in [5.74, 6) is 0.0656. The third-order valence-corrected chi connectivity index (χ3v) is 4.20. The van der Waals surface area contributed by atoms with Gasteiger partial charge in [-0.25, -0.2) is 0 Å². The van der Waals surface area contributed by atoms with Crippen LogP contribution in [0.5, 0.6) is 0 Å². The van der Waals surface area contributed by atoms with Crippen LogP contribution in [0.1, 0.15) is 48.5 Å². The highest BCUT2D eigenvalue weighted by Gasteiger charge is 2.30. The van der Waals surface area contributed by atoms with E-state index >= 15 is 0 Å². The van der Waals surface area contributed by atoms with Gasteiger partial charge in [0.2, 0.25) is 0 Å². The topological polar surface area (TPSA) is 41.1 Å². The van der Waals surface area contributed by atoms with Crippen LogP contribution in [-0.2, 0) is 6.42 Å². The van der Waals surface area contributed by atoms with E-state index in [1.54, 1.807) is 0 Å². The van der Waals surface area contributed by atoms with Crippen LogP contribution in [0.4, 0.5) is 5.69 Å². The van der Waals surface area contributed by atoms with Crippen LogP contribution in [0.25, 0.3) is 0 Å². The quantitative estimate of drug-likeness (QED) is 0.840. The highest BCUT2D eigenvalue weighted by Crippen LogP contribution is 2.29. The van der Waals surface area contributed by atoms with E-state index in [-0.39, 0.29) is 11.4 Å². The van der Waals surface area contributed by atoms with Crippen molar-refractivity contribution in [3.05, 3.63) is 29.3 Å². The number of anilines is 1. The molecule has 1 fully saturated rings. The smallest absolute Gasteiger partial charge is 0.251 e. The summed E-state index contributed by atoms with van der Waals surface area (Å²) >= 11 is 0. The predicted molar refractivity (Wildman–Crippen MR) is 73.0 cm³/mol. The zero-order valence-corrected chi connectivity index (χ0v) is 10.9. The van der Waals surface area contributed by atoms with Gasteiger partial charge in [-0.2, -0.15) is 0 Å². The number of benzene rings is 1. The molecule has 0 atom stereocenters. The molecule has 1 aliphatic heterocycles. The number of fused-ring (bicyclic) bond motifs is 1. The number of nitrogens with one attached hydrogen (secondary N) is 2. The fourth-order valence-electron chi connectivity index (χ4n) is 3.06. The van der Waals surface area contributed by atoms with Crippen molar-refractivity contribution < 1.29 is 4.79 Å². The maximum atomic E-state index is 12.3. The molecule has 2 aliphatic rings. The lowest BCUT2D eigenvalue weighted by atomic mass is 9.99. The summed E-state index contributed by atoms with van der Waals surface area (Å²) in [7, 11) is 0. The van der Waals surface area contributed by atoms with E-state index in [9.17, 15) is 4.79 Å². The Hall–Kier alpha value is -1.51. The van der Waals surface area contributed by atoms with Crippen molar-refractivity contribution in [1.29, 1.82) is 0 Å². The lowest BCUT2D eigenvalue weighted by Gasteiger charge is -2.25. The summed E-state index contributed by atoms with van der Waals surface area (Å²) < 4.78 is 0. The standard InChI is InChI=1S/C15H20N2O/c1-15(7-2-3-8-15)17-14(18)12-5-4-11-6-9-16-13(11)10-12/h4-5,10,16H,2-3,6-9H2,1H3,(H,17,18). The minimum absolute atomic E-state index is 0.00350. The summed E-state index contributed by atoms with van der Waals surface area (Å²) in [5, 5.41) is 6.51. The molecule has 3 nitrogen and oxygen atoms in total. The second-order valence-corrected chi connectivity index (χ2v) is 5.77. The van der Waals surface area contributed by atoms with Gasteiger partial charge in [0.15, 0.2) is 0 Å². The van der Waals surface area contributed by atoms with E-state index in [0.717, 1.165) is 37.1 Å². The molecule has 1 heterocycles. The van der Waals surface area contributed by atoms with Gasteiger partial charge in [0.1, 0.15) is 0 Å². The zero-order chi connectivity index (χ0) is 12.6. The molecule has 2 N–H and O–H groups in total. The Morgan fingerprint density at radius 3 is 2.89 bits per heavy atom. The Kier molecular flexibility index (Phi) is 2.77. The molecule has 3 heteroatoms. The number of carbonyl (C=O) groups excluding carboxylic acids is 1. The Bertz CT molecular complexity index is 475. The maximum absolute atomic E-state index is 12.3. The highest BCUT2D eigenvalue weighted by atomic mass is 16.1. The van der Waals surface area contributed by atoms with Gasteiger partial charge in [-0.05, 0) is 43.9 Å². The number of amides is 1. The third-order valence-electron chi connectivity index (χ3n) is 4.20. The first-order valence-electron chi connectivity index (χ1n) is 6.86. The molecule has 1 saturated carbocycles. The molecule has 0 aromatic heterocycles. The molecular formula is C15H20N2O. The Morgan fingerprint density at radius 1 is 1.33 bits per heavy atom. The average Bonchev–Trinajstić information content (AvgIpc) is 2.96. The van der Waals surface area contributed by atoms with Gasteiger partial charge in [-0.1, -0.05) is 18.9 Å². The van der Waals surface area contributed by atoms with E-state index < -0.39 is 0 Å². The second-order valence-electron chi connectivity index (χ2n) is 5.77. The van der Waals surface area contributed by atoms with Crippen molar-refractivity contribution in [2.45, 2.75) is 44.6 Å². The van der Waals surface area contributed by atoms with E-state index in [0.29, 0.717) is 0 Å². The van der Waals surface area contributed by atoms with Gasteiger partial charge in [0.05, 0.1) is 0 Å². The molecule has 96 valence electrons. The number of hydrogen-bond donors (Lipinski definition) is 2. The Morgan fingerprint density at radius 2 is 2.11 bits per heavy atom. The Labute approximate surface area is 108 Å². The van der Waals surface area contributed by atoms with Crippen molar-refractivity contribution in [2.75, 3.05) is 11.9 Å².